The molecule has 0 saturated carbocycles. The Labute approximate surface area is 82.7 Å². The van der Waals surface area contributed by atoms with Crippen LogP contribution in [-0.4, -0.2) is 5.78 Å². The van der Waals surface area contributed by atoms with Crippen molar-refractivity contribution in [3.8, 4) is 0 Å². The molecule has 0 spiro atoms. The van der Waals surface area contributed by atoms with Gasteiger partial charge in [-0.25, -0.2) is 0 Å². The van der Waals surface area contributed by atoms with Gasteiger partial charge in [0.2, 0.25) is 0 Å². The van der Waals surface area contributed by atoms with E-state index in [0.717, 1.165) is 5.56 Å². The summed E-state index contributed by atoms with van der Waals surface area (Å²) in [5, 5.41) is 0. The molecule has 1 atom stereocenters. The fourth-order valence-electron chi connectivity index (χ4n) is 1.58. The monoisotopic (exact) mass is 185 g/mol. The highest BCUT2D eigenvalue weighted by Crippen LogP contribution is 2.26. The number of para-hydroxylation sites is 1. The quantitative estimate of drug-likeness (QED) is 0.680. The summed E-state index contributed by atoms with van der Waals surface area (Å²) in [6.07, 6.45) is 7.07. The zero-order valence-electron chi connectivity index (χ0n) is 7.68. The van der Waals surface area contributed by atoms with Gasteiger partial charge in [0.05, 0.1) is 5.92 Å². The van der Waals surface area contributed by atoms with Gasteiger partial charge in [0.15, 0.2) is 5.78 Å². The van der Waals surface area contributed by atoms with E-state index in [1.807, 2.05) is 36.4 Å². The molecule has 2 N–H and O–H groups in total. The van der Waals surface area contributed by atoms with E-state index in [1.54, 1.807) is 12.2 Å². The highest BCUT2D eigenvalue weighted by Gasteiger charge is 2.18. The second kappa shape index (κ2) is 3.50. The third-order valence-electron chi connectivity index (χ3n) is 2.31. The first-order valence-electron chi connectivity index (χ1n) is 4.52. The van der Waals surface area contributed by atoms with E-state index < -0.39 is 0 Å². The minimum Gasteiger partial charge on any atom is -0.398 e. The molecule has 0 heterocycles. The fraction of sp³-hybridized carbons (Fsp3) is 0.0833. The van der Waals surface area contributed by atoms with Crippen LogP contribution in [0.4, 0.5) is 5.69 Å². The van der Waals surface area contributed by atoms with Gasteiger partial charge in [-0.2, -0.15) is 0 Å². The molecule has 0 aliphatic heterocycles. The van der Waals surface area contributed by atoms with Gasteiger partial charge in [0.25, 0.3) is 0 Å². The van der Waals surface area contributed by atoms with Gasteiger partial charge in [-0.15, -0.1) is 0 Å². The lowest BCUT2D eigenvalue weighted by Crippen LogP contribution is -2.11. The van der Waals surface area contributed by atoms with Gasteiger partial charge in [-0.3, -0.25) is 4.79 Å². The minimum absolute atomic E-state index is 0.0883. The zero-order valence-corrected chi connectivity index (χ0v) is 7.68. The van der Waals surface area contributed by atoms with Crippen molar-refractivity contribution in [2.24, 2.45) is 0 Å². The molecule has 2 heteroatoms. The first kappa shape index (κ1) is 8.75. The van der Waals surface area contributed by atoms with Gasteiger partial charge >= 0.3 is 0 Å². The van der Waals surface area contributed by atoms with Crippen LogP contribution >= 0.6 is 0 Å². The van der Waals surface area contributed by atoms with Crippen LogP contribution in [0.5, 0.6) is 0 Å². The number of rotatable bonds is 1. The number of hydrogen-bond acceptors (Lipinski definition) is 2. The Morgan fingerprint density at radius 1 is 1.14 bits per heavy atom. The topological polar surface area (TPSA) is 43.1 Å². The number of carbonyl (C=O) groups excluding carboxylic acids is 1. The van der Waals surface area contributed by atoms with Crippen LogP contribution in [0.3, 0.4) is 0 Å². The number of nitrogen functional groups attached to an aromatic ring is 1. The Kier molecular flexibility index (Phi) is 2.19. The van der Waals surface area contributed by atoms with Gasteiger partial charge in [0, 0.05) is 5.69 Å². The van der Waals surface area contributed by atoms with Gasteiger partial charge in [-0.1, -0.05) is 36.4 Å². The maximum absolute atomic E-state index is 11.6. The van der Waals surface area contributed by atoms with Crippen LogP contribution in [-0.2, 0) is 4.79 Å². The maximum Gasteiger partial charge on any atom is 0.166 e. The summed E-state index contributed by atoms with van der Waals surface area (Å²) >= 11 is 0. The smallest absolute Gasteiger partial charge is 0.166 e. The molecule has 1 aliphatic carbocycles. The summed E-state index contributed by atoms with van der Waals surface area (Å²) < 4.78 is 0. The summed E-state index contributed by atoms with van der Waals surface area (Å²) in [4.78, 5) is 11.6. The number of allylic oxidation sites excluding steroid dienone is 4. The van der Waals surface area contributed by atoms with E-state index in [2.05, 4.69) is 0 Å². The predicted octanol–water partition coefficient (Wildman–Crippen LogP) is 2.05. The van der Waals surface area contributed by atoms with Crippen LogP contribution in [0.25, 0.3) is 0 Å². The van der Waals surface area contributed by atoms with Crippen molar-refractivity contribution in [2.75, 3.05) is 5.73 Å². The molecule has 1 aromatic carbocycles. The van der Waals surface area contributed by atoms with E-state index in [1.165, 1.54) is 0 Å². The first-order chi connectivity index (χ1) is 6.79. The molecule has 0 saturated heterocycles. The Bertz CT molecular complexity index is 418. The standard InChI is InChI=1S/C12H11NO/c13-11-7-3-1-5-9(11)10-6-2-4-8-12(10)14/h1-8,10H,13H2. The lowest BCUT2D eigenvalue weighted by molar-refractivity contribution is -0.115. The molecule has 2 nitrogen and oxygen atoms in total. The zero-order chi connectivity index (χ0) is 9.97. The van der Waals surface area contributed by atoms with Crippen molar-refractivity contribution in [2.45, 2.75) is 5.92 Å². The van der Waals surface area contributed by atoms with E-state index in [4.69, 9.17) is 5.73 Å². The average molecular weight is 185 g/mol. The number of nitrogens with two attached hydrogens (primary N) is 1. The fourth-order valence-corrected chi connectivity index (χ4v) is 1.58. The molecule has 0 radical (unpaired) electrons. The average Bonchev–Trinajstić information content (AvgIpc) is 2.20. The molecule has 1 unspecified atom stereocenters. The number of carbonyl (C=O) groups is 1. The van der Waals surface area contributed by atoms with Crippen molar-refractivity contribution in [1.29, 1.82) is 0 Å². The van der Waals surface area contributed by atoms with Gasteiger partial charge < -0.3 is 5.73 Å². The summed E-state index contributed by atoms with van der Waals surface area (Å²) in [6, 6.07) is 7.47. The van der Waals surface area contributed by atoms with Gasteiger partial charge in [0.1, 0.15) is 0 Å². The van der Waals surface area contributed by atoms with Crippen LogP contribution in [0.1, 0.15) is 11.5 Å². The van der Waals surface area contributed by atoms with Crippen molar-refractivity contribution in [1.82, 2.24) is 0 Å². The largest absolute Gasteiger partial charge is 0.398 e. The van der Waals surface area contributed by atoms with Crippen molar-refractivity contribution >= 4 is 11.5 Å². The molecular formula is C12H11NO. The van der Waals surface area contributed by atoms with Crippen molar-refractivity contribution < 1.29 is 4.79 Å². The molecule has 14 heavy (non-hydrogen) atoms. The minimum atomic E-state index is -0.207. The van der Waals surface area contributed by atoms with Crippen LogP contribution in [0, 0.1) is 0 Å². The second-order valence-corrected chi connectivity index (χ2v) is 3.25. The molecule has 0 amide bonds. The molecule has 0 fully saturated rings. The predicted molar refractivity (Wildman–Crippen MR) is 56.9 cm³/mol. The molecule has 2 rings (SSSR count). The summed E-state index contributed by atoms with van der Waals surface area (Å²) in [5.41, 5.74) is 7.36. The van der Waals surface area contributed by atoms with Gasteiger partial charge in [-0.05, 0) is 17.7 Å². The third-order valence-corrected chi connectivity index (χ3v) is 2.31. The number of benzene rings is 1. The van der Waals surface area contributed by atoms with Crippen LogP contribution in [0.2, 0.25) is 0 Å². The normalized spacial score (nSPS) is 20.0. The lowest BCUT2D eigenvalue weighted by Gasteiger charge is -2.14. The highest BCUT2D eigenvalue weighted by molar-refractivity contribution is 5.99. The molecule has 1 aromatic rings. The van der Waals surface area contributed by atoms with Crippen LogP contribution < -0.4 is 5.73 Å². The molecular weight excluding hydrogens is 174 g/mol. The van der Waals surface area contributed by atoms with E-state index in [9.17, 15) is 4.79 Å². The summed E-state index contributed by atoms with van der Waals surface area (Å²) in [6.45, 7) is 0. The van der Waals surface area contributed by atoms with Crippen molar-refractivity contribution in [3.63, 3.8) is 0 Å². The SMILES string of the molecule is Nc1ccccc1C1C=CC=CC1=O. The van der Waals surface area contributed by atoms with E-state index in [-0.39, 0.29) is 11.7 Å². The number of anilines is 1. The Balaban J connectivity index is 2.41. The summed E-state index contributed by atoms with van der Waals surface area (Å²) in [5.74, 6) is -0.119. The van der Waals surface area contributed by atoms with E-state index >= 15 is 0 Å². The molecule has 1 aliphatic rings. The highest BCUT2D eigenvalue weighted by atomic mass is 16.1. The molecule has 0 aromatic heterocycles. The number of ketones is 1. The summed E-state index contributed by atoms with van der Waals surface area (Å²) in [7, 11) is 0. The Hall–Kier alpha value is -1.83. The molecule has 0 bridgehead atoms. The van der Waals surface area contributed by atoms with Crippen LogP contribution in [0.15, 0.2) is 48.6 Å². The number of hydrogen-bond donors (Lipinski definition) is 1. The molecule has 70 valence electrons. The maximum atomic E-state index is 11.6. The lowest BCUT2D eigenvalue weighted by atomic mass is 9.90. The second-order valence-electron chi connectivity index (χ2n) is 3.25. The Morgan fingerprint density at radius 2 is 1.93 bits per heavy atom. The van der Waals surface area contributed by atoms with Crippen molar-refractivity contribution in [3.05, 3.63) is 54.1 Å². The third kappa shape index (κ3) is 1.46. The Morgan fingerprint density at radius 3 is 2.64 bits per heavy atom. The van der Waals surface area contributed by atoms with E-state index in [0.29, 0.717) is 5.69 Å². The first-order valence-corrected chi connectivity index (χ1v) is 4.52.